The smallest absolute Gasteiger partial charge is 0.200 e. The molecule has 0 unspecified atom stereocenters. The number of rotatable bonds is 3. The first-order chi connectivity index (χ1) is 6.18. The van der Waals surface area contributed by atoms with E-state index in [1.165, 1.54) is 12.1 Å². The Morgan fingerprint density at radius 1 is 1.38 bits per heavy atom. The molecule has 0 spiro atoms. The lowest BCUT2D eigenvalue weighted by atomic mass is 10.2. The Bertz CT molecular complexity index is 283. The molecule has 0 aromatic heterocycles. The van der Waals surface area contributed by atoms with Crippen molar-refractivity contribution in [3.05, 3.63) is 29.8 Å². The van der Waals surface area contributed by atoms with Crippen LogP contribution in [0.2, 0.25) is 0 Å². The highest BCUT2D eigenvalue weighted by atomic mass is 16.3. The molecule has 1 aromatic carbocycles. The third-order valence-electron chi connectivity index (χ3n) is 1.44. The normalized spacial score (nSPS) is 9.54. The van der Waals surface area contributed by atoms with Gasteiger partial charge in [-0.2, -0.15) is 0 Å². The molecule has 0 aliphatic rings. The zero-order chi connectivity index (χ0) is 9.68. The first-order valence-electron chi connectivity index (χ1n) is 3.77. The molecule has 0 bridgehead atoms. The van der Waals surface area contributed by atoms with E-state index in [-0.39, 0.29) is 11.7 Å². The number of hydrazine groups is 1. The van der Waals surface area contributed by atoms with Gasteiger partial charge in [-0.25, -0.2) is 5.43 Å². The highest BCUT2D eigenvalue weighted by Gasteiger charge is 1.93. The largest absolute Gasteiger partial charge is 0.369 e. The molecular weight excluding hydrogens is 168 g/mol. The van der Waals surface area contributed by atoms with Crippen LogP contribution in [0.3, 0.4) is 0 Å². The van der Waals surface area contributed by atoms with Crippen LogP contribution in [0.25, 0.3) is 0 Å². The fourth-order valence-electron chi connectivity index (χ4n) is 0.849. The van der Waals surface area contributed by atoms with Gasteiger partial charge in [-0.3, -0.25) is 15.9 Å². The predicted molar refractivity (Wildman–Crippen MR) is 48.5 cm³/mol. The zero-order valence-electron chi connectivity index (χ0n) is 7.00. The van der Waals surface area contributed by atoms with Gasteiger partial charge in [0.15, 0.2) is 11.7 Å². The van der Waals surface area contributed by atoms with Crippen molar-refractivity contribution in [1.29, 1.82) is 5.41 Å². The lowest BCUT2D eigenvalue weighted by molar-refractivity contribution is 0.354. The Balaban J connectivity index is 2.37. The standard InChI is InChI=1S/C8H11N4O/c9-8(10)12-11-5-6-1-3-7(13)4-2-6/h1-4,11H,5H2,(H4,9,10,12). The first-order valence-corrected chi connectivity index (χ1v) is 3.77. The molecule has 5 heteroatoms. The van der Waals surface area contributed by atoms with Gasteiger partial charge < -0.3 is 5.73 Å². The fourth-order valence-corrected chi connectivity index (χ4v) is 0.849. The van der Waals surface area contributed by atoms with E-state index in [0.717, 1.165) is 5.56 Å². The average molecular weight is 179 g/mol. The molecule has 0 aliphatic carbocycles. The summed E-state index contributed by atoms with van der Waals surface area (Å²) in [5.41, 5.74) is 11.2. The maximum absolute atomic E-state index is 10.7. The van der Waals surface area contributed by atoms with E-state index in [0.29, 0.717) is 6.54 Å². The molecular formula is C8H11N4O. The van der Waals surface area contributed by atoms with Crippen LogP contribution in [0, 0.1) is 5.41 Å². The lowest BCUT2D eigenvalue weighted by Gasteiger charge is -2.05. The second-order valence-corrected chi connectivity index (χ2v) is 2.54. The predicted octanol–water partition coefficient (Wildman–Crippen LogP) is 0.318. The molecule has 5 nitrogen and oxygen atoms in total. The summed E-state index contributed by atoms with van der Waals surface area (Å²) in [5.74, 6) is -0.149. The molecule has 69 valence electrons. The SMILES string of the molecule is N=C(N)NNCc1ccc([O])cc1. The molecule has 0 amide bonds. The number of hydrogen-bond donors (Lipinski definition) is 4. The van der Waals surface area contributed by atoms with Crippen LogP contribution in [0.1, 0.15) is 5.56 Å². The summed E-state index contributed by atoms with van der Waals surface area (Å²) in [6.45, 7) is 0.514. The van der Waals surface area contributed by atoms with Gasteiger partial charge in [-0.15, -0.1) is 0 Å². The number of benzene rings is 1. The summed E-state index contributed by atoms with van der Waals surface area (Å²) in [6, 6.07) is 6.42. The van der Waals surface area contributed by atoms with E-state index < -0.39 is 0 Å². The summed E-state index contributed by atoms with van der Waals surface area (Å²) in [6.07, 6.45) is 0. The Morgan fingerprint density at radius 2 is 2.00 bits per heavy atom. The van der Waals surface area contributed by atoms with E-state index in [1.54, 1.807) is 12.1 Å². The van der Waals surface area contributed by atoms with Gasteiger partial charge in [-0.05, 0) is 17.7 Å². The van der Waals surface area contributed by atoms with Crippen molar-refractivity contribution in [3.8, 4) is 5.75 Å². The second-order valence-electron chi connectivity index (χ2n) is 2.54. The molecule has 1 radical (unpaired) electrons. The molecule has 0 saturated heterocycles. The second kappa shape index (κ2) is 4.32. The van der Waals surface area contributed by atoms with Crippen LogP contribution < -0.4 is 16.6 Å². The number of nitrogens with one attached hydrogen (secondary N) is 3. The van der Waals surface area contributed by atoms with Gasteiger partial charge in [0.2, 0.25) is 0 Å². The fraction of sp³-hybridized carbons (Fsp3) is 0.125. The summed E-state index contributed by atoms with van der Waals surface area (Å²) in [5, 5.41) is 17.6. The Kier molecular flexibility index (Phi) is 3.10. The summed E-state index contributed by atoms with van der Waals surface area (Å²) < 4.78 is 0. The van der Waals surface area contributed by atoms with E-state index in [4.69, 9.17) is 11.1 Å². The minimum Gasteiger partial charge on any atom is -0.369 e. The van der Waals surface area contributed by atoms with Crippen molar-refractivity contribution in [2.75, 3.05) is 0 Å². The van der Waals surface area contributed by atoms with Crippen molar-refractivity contribution in [1.82, 2.24) is 10.9 Å². The van der Waals surface area contributed by atoms with E-state index in [9.17, 15) is 5.11 Å². The number of hydrogen-bond acceptors (Lipinski definition) is 2. The minimum absolute atomic E-state index is 0.0109. The van der Waals surface area contributed by atoms with Gasteiger partial charge in [0.1, 0.15) is 0 Å². The third-order valence-corrected chi connectivity index (χ3v) is 1.44. The molecule has 1 aromatic rings. The highest BCUT2D eigenvalue weighted by molar-refractivity contribution is 5.73. The van der Waals surface area contributed by atoms with E-state index in [1.807, 2.05) is 0 Å². The highest BCUT2D eigenvalue weighted by Crippen LogP contribution is 2.09. The Morgan fingerprint density at radius 3 is 2.54 bits per heavy atom. The van der Waals surface area contributed by atoms with Gasteiger partial charge in [0.05, 0.1) is 0 Å². The van der Waals surface area contributed by atoms with Gasteiger partial charge in [0, 0.05) is 6.54 Å². The molecule has 0 fully saturated rings. The maximum Gasteiger partial charge on any atom is 0.200 e. The molecule has 13 heavy (non-hydrogen) atoms. The van der Waals surface area contributed by atoms with Crippen molar-refractivity contribution in [2.45, 2.75) is 6.54 Å². The average Bonchev–Trinajstić information content (AvgIpc) is 2.08. The van der Waals surface area contributed by atoms with E-state index in [2.05, 4.69) is 10.9 Å². The first kappa shape index (κ1) is 9.34. The third kappa shape index (κ3) is 3.44. The molecule has 0 saturated carbocycles. The lowest BCUT2D eigenvalue weighted by Crippen LogP contribution is -2.41. The minimum atomic E-state index is -0.138. The summed E-state index contributed by atoms with van der Waals surface area (Å²) >= 11 is 0. The van der Waals surface area contributed by atoms with Crippen molar-refractivity contribution >= 4 is 5.96 Å². The van der Waals surface area contributed by atoms with Crippen molar-refractivity contribution < 1.29 is 5.11 Å². The van der Waals surface area contributed by atoms with E-state index >= 15 is 0 Å². The molecule has 0 atom stereocenters. The van der Waals surface area contributed by atoms with Crippen molar-refractivity contribution in [2.24, 2.45) is 5.73 Å². The Labute approximate surface area is 76.1 Å². The molecule has 1 rings (SSSR count). The van der Waals surface area contributed by atoms with Gasteiger partial charge in [-0.1, -0.05) is 12.1 Å². The zero-order valence-corrected chi connectivity index (χ0v) is 7.00. The molecule has 5 N–H and O–H groups in total. The Hall–Kier alpha value is -1.75. The van der Waals surface area contributed by atoms with Crippen molar-refractivity contribution in [3.63, 3.8) is 0 Å². The van der Waals surface area contributed by atoms with Crippen LogP contribution in [-0.4, -0.2) is 5.96 Å². The maximum atomic E-state index is 10.7. The quantitative estimate of drug-likeness (QED) is 0.306. The van der Waals surface area contributed by atoms with Crippen LogP contribution in [0.15, 0.2) is 24.3 Å². The monoisotopic (exact) mass is 179 g/mol. The van der Waals surface area contributed by atoms with Gasteiger partial charge in [0.25, 0.3) is 0 Å². The topological polar surface area (TPSA) is 93.8 Å². The summed E-state index contributed by atoms with van der Waals surface area (Å²) in [4.78, 5) is 0. The molecule has 0 heterocycles. The molecule has 0 aliphatic heterocycles. The number of nitrogens with two attached hydrogens (primary N) is 1. The van der Waals surface area contributed by atoms with Gasteiger partial charge >= 0.3 is 0 Å². The van der Waals surface area contributed by atoms with Crippen LogP contribution in [-0.2, 0) is 11.7 Å². The van der Waals surface area contributed by atoms with Crippen LogP contribution in [0.5, 0.6) is 5.75 Å². The van der Waals surface area contributed by atoms with Crippen LogP contribution >= 0.6 is 0 Å². The van der Waals surface area contributed by atoms with Crippen LogP contribution in [0.4, 0.5) is 0 Å². The summed E-state index contributed by atoms with van der Waals surface area (Å²) in [7, 11) is 0. The number of guanidine groups is 1.